The highest BCUT2D eigenvalue weighted by Gasteiger charge is 2.33. The summed E-state index contributed by atoms with van der Waals surface area (Å²) in [5.41, 5.74) is 1.56. The highest BCUT2D eigenvalue weighted by atomic mass is 32.2. The number of benzene rings is 1. The number of nitro groups is 1. The van der Waals surface area contributed by atoms with Crippen molar-refractivity contribution >= 4 is 23.1 Å². The minimum Gasteiger partial charge on any atom is -0.378 e. The van der Waals surface area contributed by atoms with Gasteiger partial charge in [-0.25, -0.2) is 0 Å². The van der Waals surface area contributed by atoms with E-state index in [2.05, 4.69) is 11.6 Å². The van der Waals surface area contributed by atoms with Crippen LogP contribution in [0.5, 0.6) is 0 Å². The first kappa shape index (κ1) is 14.2. The Morgan fingerprint density at radius 1 is 1.42 bits per heavy atom. The monoisotopic (exact) mass is 280 g/mol. The third-order valence-electron chi connectivity index (χ3n) is 3.97. The summed E-state index contributed by atoms with van der Waals surface area (Å²) in [6.45, 7) is 2.59. The lowest BCUT2D eigenvalue weighted by Gasteiger charge is -2.27. The van der Waals surface area contributed by atoms with Crippen LogP contribution in [0.4, 0.5) is 11.4 Å². The van der Waals surface area contributed by atoms with Crippen molar-refractivity contribution in [1.29, 1.82) is 0 Å². The third kappa shape index (κ3) is 3.03. The largest absolute Gasteiger partial charge is 0.378 e. The van der Waals surface area contributed by atoms with Crippen molar-refractivity contribution in [1.82, 2.24) is 0 Å². The molecule has 0 atom stereocenters. The van der Waals surface area contributed by atoms with Crippen molar-refractivity contribution in [3.05, 3.63) is 33.9 Å². The summed E-state index contributed by atoms with van der Waals surface area (Å²) in [4.78, 5) is 10.9. The van der Waals surface area contributed by atoms with E-state index in [1.165, 1.54) is 25.7 Å². The van der Waals surface area contributed by atoms with E-state index in [9.17, 15) is 10.1 Å². The molecule has 1 aliphatic rings. The van der Waals surface area contributed by atoms with Gasteiger partial charge in [0.15, 0.2) is 0 Å². The van der Waals surface area contributed by atoms with Gasteiger partial charge in [-0.15, -0.1) is 0 Å². The molecule has 1 saturated carbocycles. The summed E-state index contributed by atoms with van der Waals surface area (Å²) in [6, 6.07) is 5.45. The average molecular weight is 280 g/mol. The van der Waals surface area contributed by atoms with Gasteiger partial charge in [0.05, 0.1) is 4.92 Å². The van der Waals surface area contributed by atoms with Crippen LogP contribution in [0, 0.1) is 17.0 Å². The van der Waals surface area contributed by atoms with Crippen molar-refractivity contribution in [2.75, 3.05) is 18.1 Å². The van der Waals surface area contributed by atoms with Gasteiger partial charge in [0, 0.05) is 16.9 Å². The van der Waals surface area contributed by atoms with E-state index in [4.69, 9.17) is 0 Å². The van der Waals surface area contributed by atoms with Gasteiger partial charge in [-0.3, -0.25) is 10.1 Å². The van der Waals surface area contributed by atoms with E-state index in [-0.39, 0.29) is 15.4 Å². The van der Waals surface area contributed by atoms with E-state index < -0.39 is 0 Å². The molecule has 0 radical (unpaired) electrons. The summed E-state index contributed by atoms with van der Waals surface area (Å²) < 4.78 is 0.248. The molecule has 1 aromatic carbocycles. The first-order valence-corrected chi connectivity index (χ1v) is 7.83. The fraction of sp³-hybridized carbons (Fsp3) is 0.571. The second-order valence-corrected chi connectivity index (χ2v) is 6.45. The fourth-order valence-electron chi connectivity index (χ4n) is 2.77. The van der Waals surface area contributed by atoms with Gasteiger partial charge >= 0.3 is 0 Å². The molecular formula is C14H20N2O2S. The molecule has 1 aliphatic carbocycles. The molecular weight excluding hydrogens is 260 g/mol. The smallest absolute Gasteiger partial charge is 0.295 e. The Kier molecular flexibility index (Phi) is 4.34. The summed E-state index contributed by atoms with van der Waals surface area (Å²) in [6.07, 6.45) is 7.05. The maximum atomic E-state index is 11.1. The molecule has 0 aliphatic heterocycles. The minimum atomic E-state index is -0.294. The second kappa shape index (κ2) is 5.82. The number of hydrogen-bond acceptors (Lipinski definition) is 4. The first-order valence-electron chi connectivity index (χ1n) is 6.61. The maximum absolute atomic E-state index is 11.1. The first-order chi connectivity index (χ1) is 9.08. The zero-order chi connectivity index (χ0) is 13.9. The zero-order valence-electron chi connectivity index (χ0n) is 11.4. The Morgan fingerprint density at radius 2 is 2.11 bits per heavy atom. The van der Waals surface area contributed by atoms with Crippen LogP contribution in [-0.4, -0.2) is 22.5 Å². The molecule has 0 heterocycles. The number of rotatable bonds is 5. The third-order valence-corrected chi connectivity index (χ3v) is 5.39. The van der Waals surface area contributed by atoms with E-state index >= 15 is 0 Å². The Balaban J connectivity index is 2.15. The molecule has 104 valence electrons. The Morgan fingerprint density at radius 3 is 2.68 bits per heavy atom. The number of para-hydroxylation sites is 1. The lowest BCUT2D eigenvalue weighted by molar-refractivity contribution is -0.384. The Hall–Kier alpha value is -1.23. The average Bonchev–Trinajstić information content (AvgIpc) is 2.85. The van der Waals surface area contributed by atoms with Crippen molar-refractivity contribution < 1.29 is 4.92 Å². The number of anilines is 1. The predicted molar refractivity (Wildman–Crippen MR) is 81.0 cm³/mol. The highest BCUT2D eigenvalue weighted by Crippen LogP contribution is 2.40. The van der Waals surface area contributed by atoms with E-state index in [0.29, 0.717) is 11.3 Å². The minimum absolute atomic E-state index is 0.205. The normalized spacial score (nSPS) is 17.4. The van der Waals surface area contributed by atoms with Crippen molar-refractivity contribution in [2.24, 2.45) is 0 Å². The van der Waals surface area contributed by atoms with Crippen LogP contribution in [-0.2, 0) is 0 Å². The number of hydrogen-bond donors (Lipinski definition) is 1. The number of aryl methyl sites for hydroxylation is 1. The molecule has 4 nitrogen and oxygen atoms in total. The molecule has 5 heteroatoms. The van der Waals surface area contributed by atoms with Crippen LogP contribution in [0.25, 0.3) is 0 Å². The number of nitrogens with one attached hydrogen (secondary N) is 1. The van der Waals surface area contributed by atoms with Crippen LogP contribution in [0.3, 0.4) is 0 Å². The van der Waals surface area contributed by atoms with Crippen molar-refractivity contribution in [2.45, 2.75) is 37.4 Å². The summed E-state index contributed by atoms with van der Waals surface area (Å²) in [5, 5.41) is 14.5. The Bertz CT molecular complexity index is 471. The predicted octanol–water partition coefficient (Wildman–Crippen LogP) is 3.99. The zero-order valence-corrected chi connectivity index (χ0v) is 12.3. The van der Waals surface area contributed by atoms with Crippen molar-refractivity contribution in [3.8, 4) is 0 Å². The molecule has 1 fully saturated rings. The van der Waals surface area contributed by atoms with E-state index in [1.807, 2.05) is 17.8 Å². The van der Waals surface area contributed by atoms with Gasteiger partial charge < -0.3 is 5.32 Å². The van der Waals surface area contributed by atoms with Gasteiger partial charge in [0.1, 0.15) is 5.69 Å². The SMILES string of the molecule is CSC1(CNc2cccc(C)c2[N+](=O)[O-])CCCC1. The van der Waals surface area contributed by atoms with E-state index in [0.717, 1.165) is 6.54 Å². The van der Waals surface area contributed by atoms with Crippen LogP contribution in [0.15, 0.2) is 18.2 Å². The summed E-state index contributed by atoms with van der Waals surface area (Å²) in [7, 11) is 0. The topological polar surface area (TPSA) is 55.2 Å². The van der Waals surface area contributed by atoms with Gasteiger partial charge in [0.2, 0.25) is 0 Å². The van der Waals surface area contributed by atoms with Crippen LogP contribution in [0.2, 0.25) is 0 Å². The molecule has 19 heavy (non-hydrogen) atoms. The van der Waals surface area contributed by atoms with Crippen LogP contribution >= 0.6 is 11.8 Å². The van der Waals surface area contributed by atoms with Gasteiger partial charge in [0.25, 0.3) is 5.69 Å². The molecule has 2 rings (SSSR count). The van der Waals surface area contributed by atoms with E-state index in [1.54, 1.807) is 19.1 Å². The Labute approximate surface area is 118 Å². The number of nitro benzene ring substituents is 1. The second-order valence-electron chi connectivity index (χ2n) is 5.18. The molecule has 0 unspecified atom stereocenters. The van der Waals surface area contributed by atoms with Gasteiger partial charge in [-0.05, 0) is 32.1 Å². The summed E-state index contributed by atoms with van der Waals surface area (Å²) in [5.74, 6) is 0. The molecule has 1 aromatic rings. The lowest BCUT2D eigenvalue weighted by Crippen LogP contribution is -2.30. The molecule has 0 amide bonds. The summed E-state index contributed by atoms with van der Waals surface area (Å²) >= 11 is 1.89. The molecule has 0 spiro atoms. The highest BCUT2D eigenvalue weighted by molar-refractivity contribution is 8.00. The molecule has 0 saturated heterocycles. The maximum Gasteiger partial charge on any atom is 0.295 e. The number of thioether (sulfide) groups is 1. The fourth-order valence-corrected chi connectivity index (χ4v) is 3.69. The van der Waals surface area contributed by atoms with Crippen LogP contribution < -0.4 is 5.32 Å². The quantitative estimate of drug-likeness (QED) is 0.654. The lowest BCUT2D eigenvalue weighted by atomic mass is 10.1. The molecule has 1 N–H and O–H groups in total. The van der Waals surface area contributed by atoms with Crippen molar-refractivity contribution in [3.63, 3.8) is 0 Å². The van der Waals surface area contributed by atoms with Crippen LogP contribution in [0.1, 0.15) is 31.2 Å². The van der Waals surface area contributed by atoms with Gasteiger partial charge in [-0.1, -0.05) is 25.0 Å². The standard InChI is InChI=1S/C14H20N2O2S/c1-11-6-5-7-12(13(11)16(17)18)15-10-14(19-2)8-3-4-9-14/h5-7,15H,3-4,8-10H2,1-2H3. The van der Waals surface area contributed by atoms with Gasteiger partial charge in [-0.2, -0.15) is 11.8 Å². The number of nitrogens with zero attached hydrogens (tertiary/aromatic N) is 1. The molecule has 0 aromatic heterocycles. The molecule has 0 bridgehead atoms.